The third kappa shape index (κ3) is 1.43. The first kappa shape index (κ1) is 9.84. The van der Waals surface area contributed by atoms with E-state index in [-0.39, 0.29) is 5.28 Å². The molecule has 16 heavy (non-hydrogen) atoms. The van der Waals surface area contributed by atoms with Gasteiger partial charge in [0.25, 0.3) is 0 Å². The van der Waals surface area contributed by atoms with Crippen LogP contribution in [0.1, 0.15) is 19.3 Å². The average Bonchev–Trinajstić information content (AvgIpc) is 2.60. The van der Waals surface area contributed by atoms with Crippen molar-refractivity contribution in [1.82, 2.24) is 19.9 Å². The zero-order valence-electron chi connectivity index (χ0n) is 8.94. The number of nitrogens with zero attached hydrogens (tertiary/aromatic N) is 4. The highest BCUT2D eigenvalue weighted by Crippen LogP contribution is 2.30. The fraction of sp³-hybridized carbons (Fsp3) is 0.500. The van der Waals surface area contributed by atoms with Gasteiger partial charge in [-0.2, -0.15) is 9.97 Å². The number of aromatic amines is 1. The molecule has 0 radical (unpaired) electrons. The molecule has 1 fully saturated rings. The standard InChI is InChI=1S/C10H12ClN5/c1-16(6-3-2-4-6)9-7-8(13-5-12-7)14-10(11)15-9/h5-6H,2-4H2,1H3,(H,12,13,14,15). The summed E-state index contributed by atoms with van der Waals surface area (Å²) in [6.07, 6.45) is 5.34. The van der Waals surface area contributed by atoms with Crippen LogP contribution < -0.4 is 4.90 Å². The van der Waals surface area contributed by atoms with Gasteiger partial charge in [-0.05, 0) is 30.9 Å². The van der Waals surface area contributed by atoms with Crippen molar-refractivity contribution in [2.24, 2.45) is 0 Å². The smallest absolute Gasteiger partial charge is 0.226 e. The molecule has 0 spiro atoms. The van der Waals surface area contributed by atoms with Gasteiger partial charge in [-0.1, -0.05) is 0 Å². The summed E-state index contributed by atoms with van der Waals surface area (Å²) >= 11 is 5.89. The molecule has 0 amide bonds. The Balaban J connectivity index is 2.09. The SMILES string of the molecule is CN(c1nc(Cl)nc2nc[nH]c12)C1CCC1. The van der Waals surface area contributed by atoms with Gasteiger partial charge in [0, 0.05) is 13.1 Å². The Morgan fingerprint density at radius 2 is 2.25 bits per heavy atom. The summed E-state index contributed by atoms with van der Waals surface area (Å²) in [5, 5.41) is 0.251. The number of imidazole rings is 1. The molecule has 2 aromatic heterocycles. The second-order valence-electron chi connectivity index (χ2n) is 4.11. The van der Waals surface area contributed by atoms with E-state index in [1.54, 1.807) is 6.33 Å². The lowest BCUT2D eigenvalue weighted by Gasteiger charge is -2.35. The first-order chi connectivity index (χ1) is 7.75. The molecule has 0 saturated heterocycles. The van der Waals surface area contributed by atoms with Gasteiger partial charge in [-0.3, -0.25) is 0 Å². The number of hydrogen-bond acceptors (Lipinski definition) is 4. The van der Waals surface area contributed by atoms with Crippen LogP contribution in [0.4, 0.5) is 5.82 Å². The summed E-state index contributed by atoms with van der Waals surface area (Å²) in [5.74, 6) is 0.845. The van der Waals surface area contributed by atoms with Gasteiger partial charge >= 0.3 is 0 Å². The van der Waals surface area contributed by atoms with Crippen LogP contribution in [0.15, 0.2) is 6.33 Å². The van der Waals surface area contributed by atoms with Gasteiger partial charge in [0.2, 0.25) is 5.28 Å². The van der Waals surface area contributed by atoms with E-state index in [9.17, 15) is 0 Å². The van der Waals surface area contributed by atoms with Crippen LogP contribution >= 0.6 is 11.6 Å². The number of aromatic nitrogens is 4. The van der Waals surface area contributed by atoms with Gasteiger partial charge in [-0.15, -0.1) is 0 Å². The van der Waals surface area contributed by atoms with Gasteiger partial charge in [-0.25, -0.2) is 4.98 Å². The Hall–Kier alpha value is -1.36. The summed E-state index contributed by atoms with van der Waals surface area (Å²) in [4.78, 5) is 17.7. The molecule has 6 heteroatoms. The molecule has 0 bridgehead atoms. The third-order valence-electron chi connectivity index (χ3n) is 3.20. The Morgan fingerprint density at radius 3 is 2.94 bits per heavy atom. The minimum absolute atomic E-state index is 0.251. The highest BCUT2D eigenvalue weighted by Gasteiger charge is 2.25. The molecule has 2 aromatic rings. The molecule has 0 atom stereocenters. The van der Waals surface area contributed by atoms with Crippen molar-refractivity contribution in [1.29, 1.82) is 0 Å². The zero-order valence-corrected chi connectivity index (χ0v) is 9.70. The maximum absolute atomic E-state index is 5.89. The Bertz CT molecular complexity index is 519. The van der Waals surface area contributed by atoms with E-state index in [1.807, 2.05) is 7.05 Å². The van der Waals surface area contributed by atoms with Gasteiger partial charge in [0.05, 0.1) is 6.33 Å². The fourth-order valence-corrected chi connectivity index (χ4v) is 2.15. The second kappa shape index (κ2) is 3.59. The number of fused-ring (bicyclic) bond motifs is 1. The monoisotopic (exact) mass is 237 g/mol. The Labute approximate surface area is 97.9 Å². The molecular weight excluding hydrogens is 226 g/mol. The Morgan fingerprint density at radius 1 is 1.44 bits per heavy atom. The first-order valence-electron chi connectivity index (χ1n) is 5.35. The number of nitrogens with one attached hydrogen (secondary N) is 1. The summed E-state index contributed by atoms with van der Waals surface area (Å²) in [5.41, 5.74) is 1.49. The molecule has 0 aromatic carbocycles. The highest BCUT2D eigenvalue weighted by atomic mass is 35.5. The van der Waals surface area contributed by atoms with Crippen LogP contribution in [0.5, 0.6) is 0 Å². The van der Waals surface area contributed by atoms with Crippen LogP contribution in [0, 0.1) is 0 Å². The van der Waals surface area contributed by atoms with Crippen LogP contribution in [0.3, 0.4) is 0 Å². The van der Waals surface area contributed by atoms with Crippen molar-refractivity contribution < 1.29 is 0 Å². The van der Waals surface area contributed by atoms with E-state index in [2.05, 4.69) is 24.8 Å². The molecule has 1 aliphatic carbocycles. The van der Waals surface area contributed by atoms with Crippen LogP contribution in [-0.2, 0) is 0 Å². The molecular formula is C10H12ClN5. The summed E-state index contributed by atoms with van der Waals surface area (Å²) in [6, 6.07) is 0.567. The lowest BCUT2D eigenvalue weighted by Crippen LogP contribution is -2.37. The maximum atomic E-state index is 5.89. The highest BCUT2D eigenvalue weighted by molar-refractivity contribution is 6.28. The molecule has 0 unspecified atom stereocenters. The largest absolute Gasteiger partial charge is 0.355 e. The van der Waals surface area contributed by atoms with Crippen molar-refractivity contribution in [3.05, 3.63) is 11.6 Å². The molecule has 3 rings (SSSR count). The topological polar surface area (TPSA) is 57.7 Å². The molecule has 0 aliphatic heterocycles. The molecule has 2 heterocycles. The van der Waals surface area contributed by atoms with Crippen LogP contribution in [-0.4, -0.2) is 33.0 Å². The number of rotatable bonds is 2. The number of anilines is 1. The molecule has 1 saturated carbocycles. The van der Waals surface area contributed by atoms with E-state index >= 15 is 0 Å². The van der Waals surface area contributed by atoms with E-state index in [4.69, 9.17) is 11.6 Å². The number of hydrogen-bond donors (Lipinski definition) is 1. The van der Waals surface area contributed by atoms with Gasteiger partial charge < -0.3 is 9.88 Å². The summed E-state index contributed by atoms with van der Waals surface area (Å²) in [6.45, 7) is 0. The van der Waals surface area contributed by atoms with Crippen molar-refractivity contribution in [3.63, 3.8) is 0 Å². The van der Waals surface area contributed by atoms with E-state index in [0.717, 1.165) is 11.3 Å². The van der Waals surface area contributed by atoms with Crippen LogP contribution in [0.2, 0.25) is 5.28 Å². The average molecular weight is 238 g/mol. The first-order valence-corrected chi connectivity index (χ1v) is 5.73. The maximum Gasteiger partial charge on any atom is 0.226 e. The lowest BCUT2D eigenvalue weighted by molar-refractivity contribution is 0.400. The molecule has 84 valence electrons. The third-order valence-corrected chi connectivity index (χ3v) is 3.36. The van der Waals surface area contributed by atoms with Gasteiger partial charge in [0.15, 0.2) is 11.5 Å². The predicted molar refractivity (Wildman–Crippen MR) is 62.7 cm³/mol. The Kier molecular flexibility index (Phi) is 2.21. The minimum atomic E-state index is 0.251. The molecule has 5 nitrogen and oxygen atoms in total. The quantitative estimate of drug-likeness (QED) is 0.812. The fourth-order valence-electron chi connectivity index (χ4n) is 1.99. The molecule has 1 N–H and O–H groups in total. The predicted octanol–water partition coefficient (Wildman–Crippen LogP) is 1.99. The van der Waals surface area contributed by atoms with Crippen molar-refractivity contribution in [3.8, 4) is 0 Å². The second-order valence-corrected chi connectivity index (χ2v) is 4.45. The van der Waals surface area contributed by atoms with Crippen molar-refractivity contribution in [2.45, 2.75) is 25.3 Å². The van der Waals surface area contributed by atoms with E-state index in [1.165, 1.54) is 19.3 Å². The van der Waals surface area contributed by atoms with E-state index < -0.39 is 0 Å². The zero-order chi connectivity index (χ0) is 11.1. The van der Waals surface area contributed by atoms with Crippen LogP contribution in [0.25, 0.3) is 11.2 Å². The summed E-state index contributed by atoms with van der Waals surface area (Å²) < 4.78 is 0. The van der Waals surface area contributed by atoms with Crippen molar-refractivity contribution in [2.75, 3.05) is 11.9 Å². The lowest BCUT2D eigenvalue weighted by atomic mass is 9.92. The minimum Gasteiger partial charge on any atom is -0.355 e. The van der Waals surface area contributed by atoms with E-state index in [0.29, 0.717) is 11.7 Å². The number of H-pyrrole nitrogens is 1. The normalized spacial score (nSPS) is 16.4. The number of halogens is 1. The van der Waals surface area contributed by atoms with Crippen molar-refractivity contribution >= 4 is 28.6 Å². The van der Waals surface area contributed by atoms with Gasteiger partial charge in [0.1, 0.15) is 5.52 Å². The summed E-state index contributed by atoms with van der Waals surface area (Å²) in [7, 11) is 2.04. The molecule has 1 aliphatic rings.